The Balaban J connectivity index is 1.83. The molecule has 2 nitrogen and oxygen atoms in total. The van der Waals surface area contributed by atoms with Gasteiger partial charge in [-0.05, 0) is 47.9 Å². The van der Waals surface area contributed by atoms with Crippen LogP contribution < -0.4 is 0 Å². The fourth-order valence-corrected chi connectivity index (χ4v) is 9.19. The second kappa shape index (κ2) is 15.8. The average molecular weight is 557 g/mol. The van der Waals surface area contributed by atoms with Crippen LogP contribution in [-0.2, 0) is 34.4 Å². The number of rotatable bonds is 16. The highest BCUT2D eigenvalue weighted by Gasteiger charge is 2.25. The molecular weight excluding hydrogens is 513 g/mol. The van der Waals surface area contributed by atoms with Gasteiger partial charge in [0, 0.05) is 12.5 Å². The highest BCUT2D eigenvalue weighted by molar-refractivity contribution is 7.88. The van der Waals surface area contributed by atoms with Gasteiger partial charge in [0.15, 0.2) is 0 Å². The van der Waals surface area contributed by atoms with Crippen LogP contribution in [0.25, 0.3) is 20.9 Å². The molecule has 3 aromatic rings. The molecule has 2 atom stereocenters. The van der Waals surface area contributed by atoms with E-state index in [1.54, 1.807) is 23.8 Å². The van der Waals surface area contributed by atoms with Gasteiger partial charge < -0.3 is 0 Å². The van der Waals surface area contributed by atoms with Crippen molar-refractivity contribution in [3.05, 3.63) is 59.7 Å². The smallest absolute Gasteiger partial charge is 0.0739 e. The molecular formula is C32H44O2S3. The Hall–Kier alpha value is -1.56. The van der Waals surface area contributed by atoms with E-state index >= 15 is 0 Å². The van der Waals surface area contributed by atoms with E-state index in [0.29, 0.717) is 0 Å². The SMILES string of the molecule is CCCCCCCc1ccc(-c2sc(-c3ccc(CCCCCCC)cc3)c(S(C)=O)c2S(C)=O)cc1. The Labute approximate surface area is 234 Å². The van der Waals surface area contributed by atoms with E-state index in [-0.39, 0.29) is 0 Å². The first-order valence-electron chi connectivity index (χ1n) is 14.0. The van der Waals surface area contributed by atoms with E-state index in [4.69, 9.17) is 0 Å². The van der Waals surface area contributed by atoms with Gasteiger partial charge in [-0.15, -0.1) is 11.3 Å². The van der Waals surface area contributed by atoms with Gasteiger partial charge in [-0.2, -0.15) is 0 Å². The topological polar surface area (TPSA) is 34.1 Å². The molecule has 0 saturated carbocycles. The molecule has 0 saturated heterocycles. The van der Waals surface area contributed by atoms with E-state index in [2.05, 4.69) is 62.4 Å². The Morgan fingerprint density at radius 1 is 0.541 bits per heavy atom. The zero-order valence-electron chi connectivity index (χ0n) is 23.1. The van der Waals surface area contributed by atoms with Gasteiger partial charge in [-0.25, -0.2) is 0 Å². The molecule has 0 aliphatic carbocycles. The van der Waals surface area contributed by atoms with Crippen LogP contribution in [0.5, 0.6) is 0 Å². The summed E-state index contributed by atoms with van der Waals surface area (Å²) < 4.78 is 25.9. The molecule has 2 aromatic carbocycles. The van der Waals surface area contributed by atoms with Gasteiger partial charge in [0.1, 0.15) is 0 Å². The van der Waals surface area contributed by atoms with Crippen molar-refractivity contribution >= 4 is 32.9 Å². The maximum Gasteiger partial charge on any atom is 0.0739 e. The average Bonchev–Trinajstić information content (AvgIpc) is 3.31. The molecule has 1 aromatic heterocycles. The third-order valence-corrected chi connectivity index (χ3v) is 10.6. The predicted molar refractivity (Wildman–Crippen MR) is 165 cm³/mol. The Morgan fingerprint density at radius 3 is 1.22 bits per heavy atom. The summed E-state index contributed by atoms with van der Waals surface area (Å²) in [5.74, 6) is 0. The van der Waals surface area contributed by atoms with Gasteiger partial charge in [-0.3, -0.25) is 8.42 Å². The summed E-state index contributed by atoms with van der Waals surface area (Å²) in [4.78, 5) is 3.42. The number of hydrogen-bond acceptors (Lipinski definition) is 3. The van der Waals surface area contributed by atoms with Gasteiger partial charge >= 0.3 is 0 Å². The maximum atomic E-state index is 12.9. The van der Waals surface area contributed by atoms with Crippen LogP contribution in [0.1, 0.15) is 89.2 Å². The Morgan fingerprint density at radius 2 is 0.892 bits per heavy atom. The first kappa shape index (κ1) is 30.0. The lowest BCUT2D eigenvalue weighted by atomic mass is 10.0. The zero-order chi connectivity index (χ0) is 26.6. The van der Waals surface area contributed by atoms with Crippen LogP contribution in [0.15, 0.2) is 58.3 Å². The van der Waals surface area contributed by atoms with Gasteiger partial charge in [0.25, 0.3) is 0 Å². The summed E-state index contributed by atoms with van der Waals surface area (Å²) in [6, 6.07) is 17.4. The quantitative estimate of drug-likeness (QED) is 0.165. The van der Waals surface area contributed by atoms with Crippen LogP contribution in [0, 0.1) is 0 Å². The molecule has 2 unspecified atom stereocenters. The molecule has 0 spiro atoms. The summed E-state index contributed by atoms with van der Waals surface area (Å²) in [5.41, 5.74) is 4.82. The van der Waals surface area contributed by atoms with Crippen molar-refractivity contribution in [3.8, 4) is 20.9 Å². The lowest BCUT2D eigenvalue weighted by molar-refractivity contribution is 0.632. The fourth-order valence-electron chi connectivity index (χ4n) is 4.81. The van der Waals surface area contributed by atoms with Crippen LogP contribution in [0.2, 0.25) is 0 Å². The molecule has 0 bridgehead atoms. The summed E-state index contributed by atoms with van der Waals surface area (Å²) in [7, 11) is -2.47. The molecule has 37 heavy (non-hydrogen) atoms. The molecule has 5 heteroatoms. The lowest BCUT2D eigenvalue weighted by Gasteiger charge is -2.07. The van der Waals surface area contributed by atoms with E-state index in [9.17, 15) is 8.42 Å². The van der Waals surface area contributed by atoms with Crippen molar-refractivity contribution in [1.82, 2.24) is 0 Å². The van der Waals surface area contributed by atoms with Gasteiger partial charge in [-0.1, -0.05) is 114 Å². The maximum absolute atomic E-state index is 12.9. The number of aryl methyl sites for hydroxylation is 2. The molecule has 3 rings (SSSR count). The Bertz CT molecular complexity index is 1050. The van der Waals surface area contributed by atoms with Crippen molar-refractivity contribution < 1.29 is 8.42 Å². The van der Waals surface area contributed by atoms with Crippen molar-refractivity contribution in [1.29, 1.82) is 0 Å². The zero-order valence-corrected chi connectivity index (χ0v) is 25.6. The monoisotopic (exact) mass is 556 g/mol. The fraction of sp³-hybridized carbons (Fsp3) is 0.500. The summed E-state index contributed by atoms with van der Waals surface area (Å²) in [6.07, 6.45) is 18.4. The third-order valence-electron chi connectivity index (χ3n) is 6.97. The summed E-state index contributed by atoms with van der Waals surface area (Å²) >= 11 is 1.63. The molecule has 202 valence electrons. The molecule has 0 N–H and O–H groups in total. The van der Waals surface area contributed by atoms with Crippen molar-refractivity contribution in [2.45, 2.75) is 101 Å². The largest absolute Gasteiger partial charge is 0.255 e. The van der Waals surface area contributed by atoms with Crippen LogP contribution >= 0.6 is 11.3 Å². The van der Waals surface area contributed by atoms with Crippen molar-refractivity contribution in [2.75, 3.05) is 12.5 Å². The van der Waals surface area contributed by atoms with Crippen molar-refractivity contribution in [2.24, 2.45) is 0 Å². The standard InChI is InChI=1S/C32H44O2S3/c1-5-7-9-11-13-15-25-17-21-27(22-18-25)29-31(36(3)33)32(37(4)34)30(35-29)28-23-19-26(20-24-28)16-14-12-10-8-6-2/h17-24H,5-16H2,1-4H3. The predicted octanol–water partition coefficient (Wildman–Crippen LogP) is 9.58. The third kappa shape index (κ3) is 8.73. The number of unbranched alkanes of at least 4 members (excludes halogenated alkanes) is 8. The van der Waals surface area contributed by atoms with E-state index in [1.165, 1.54) is 75.3 Å². The molecule has 0 aliphatic rings. The second-order valence-corrected chi connectivity index (χ2v) is 13.7. The van der Waals surface area contributed by atoms with Crippen LogP contribution in [-0.4, -0.2) is 20.9 Å². The summed E-state index contributed by atoms with van der Waals surface area (Å²) in [6.45, 7) is 4.49. The normalized spacial score (nSPS) is 13.1. The minimum absolute atomic E-state index is 0.730. The van der Waals surface area contributed by atoms with E-state index < -0.39 is 21.6 Å². The highest BCUT2D eigenvalue weighted by atomic mass is 32.2. The molecule has 1 heterocycles. The molecule has 0 radical (unpaired) electrons. The number of hydrogen-bond donors (Lipinski definition) is 0. The van der Waals surface area contributed by atoms with Crippen molar-refractivity contribution in [3.63, 3.8) is 0 Å². The molecule has 0 amide bonds. The number of thiophene rings is 1. The van der Waals surface area contributed by atoms with E-state index in [0.717, 1.165) is 43.5 Å². The number of benzene rings is 2. The molecule has 0 aliphatic heterocycles. The first-order valence-corrected chi connectivity index (χ1v) is 17.9. The summed E-state index contributed by atoms with van der Waals surface area (Å²) in [5, 5.41) is 0. The second-order valence-electron chi connectivity index (χ2n) is 10.0. The van der Waals surface area contributed by atoms with E-state index in [1.807, 2.05) is 0 Å². The first-order chi connectivity index (χ1) is 18.0. The lowest BCUT2D eigenvalue weighted by Crippen LogP contribution is -1.97. The highest BCUT2D eigenvalue weighted by Crippen LogP contribution is 2.45. The molecule has 0 fully saturated rings. The van der Waals surface area contributed by atoms with Gasteiger partial charge in [0.2, 0.25) is 0 Å². The minimum atomic E-state index is -1.23. The Kier molecular flexibility index (Phi) is 12.8. The van der Waals surface area contributed by atoms with Crippen LogP contribution in [0.3, 0.4) is 0 Å². The minimum Gasteiger partial charge on any atom is -0.255 e. The van der Waals surface area contributed by atoms with Gasteiger partial charge in [0.05, 0.1) is 41.1 Å². The van der Waals surface area contributed by atoms with Crippen LogP contribution in [0.4, 0.5) is 0 Å².